The molecule has 8 heterocycles. The van der Waals surface area contributed by atoms with E-state index in [1.165, 1.54) is 28.4 Å². The van der Waals surface area contributed by atoms with Crippen LogP contribution in [0.25, 0.3) is 0 Å². The second-order valence-corrected chi connectivity index (χ2v) is 21.1. The predicted octanol–water partition coefficient (Wildman–Crippen LogP) is 0.852. The average molecular weight is 1130 g/mol. The van der Waals surface area contributed by atoms with Gasteiger partial charge in [0.1, 0.15) is 34.6 Å². The van der Waals surface area contributed by atoms with Crippen molar-refractivity contribution in [2.75, 3.05) is 107 Å². The second kappa shape index (κ2) is 25.2. The van der Waals surface area contributed by atoms with E-state index in [9.17, 15) is 38.4 Å². The van der Waals surface area contributed by atoms with Crippen molar-refractivity contribution in [2.24, 2.45) is 5.41 Å². The van der Waals surface area contributed by atoms with E-state index in [4.69, 9.17) is 56.8 Å². The molecule has 0 saturated carbocycles. The number of amides is 4. The van der Waals surface area contributed by atoms with Gasteiger partial charge >= 0.3 is 23.9 Å². The van der Waals surface area contributed by atoms with Gasteiger partial charge in [-0.05, 0) is 74.3 Å². The zero-order valence-electron chi connectivity index (χ0n) is 46.9. The number of esters is 4. The molecule has 0 aromatic carbocycles. The van der Waals surface area contributed by atoms with Gasteiger partial charge in [-0.25, -0.2) is 19.2 Å². The monoisotopic (exact) mass is 1130 g/mol. The van der Waals surface area contributed by atoms with Gasteiger partial charge in [0, 0.05) is 25.7 Å². The van der Waals surface area contributed by atoms with Crippen molar-refractivity contribution >= 4 is 47.5 Å². The number of hydrogen-bond donors (Lipinski definition) is 4. The summed E-state index contributed by atoms with van der Waals surface area (Å²) < 4.78 is 69.0. The van der Waals surface area contributed by atoms with Crippen molar-refractivity contribution in [2.45, 2.75) is 100 Å². The molecule has 0 aliphatic carbocycles. The Morgan fingerprint density at radius 2 is 0.691 bits per heavy atom. The minimum absolute atomic E-state index is 0.0328. The topological polar surface area (TPSA) is 295 Å². The standard InChI is InChI=1S/C57H72N4O20/c1-33-37-9-19-56(78-37,47(33)51(68)72-7)27-60-43(64)15-23-76-31-53(29-74-21-13-41(62)58-25-54-17-11-39(80-54)45(35(54)3)49(66)70-5,30-75-22-14-42(63)59-26-55-18-12-40(81-55)46(36(55)4)50(67)71-6)32-77-24-16-44(65)61-28-57-20-10-38(79-57)34(2)48(57)52(69)73-8/h9-12,17-20,37-40H,13-16,21-32H2,1-8H3,(H,58,62)(H,59,63)(H,60,64)(H,61,65). The molecule has 440 valence electrons. The summed E-state index contributed by atoms with van der Waals surface area (Å²) in [7, 11) is 5.13. The van der Waals surface area contributed by atoms with Crippen LogP contribution < -0.4 is 21.3 Å². The van der Waals surface area contributed by atoms with Gasteiger partial charge in [0.2, 0.25) is 23.6 Å². The molecule has 0 saturated heterocycles. The van der Waals surface area contributed by atoms with E-state index in [-0.39, 0.29) is 117 Å². The minimum Gasteiger partial charge on any atom is -0.466 e. The summed E-state index contributed by atoms with van der Waals surface area (Å²) in [5, 5.41) is 11.4. The van der Waals surface area contributed by atoms with Crippen molar-refractivity contribution < 1.29 is 95.2 Å². The molecule has 81 heavy (non-hydrogen) atoms. The van der Waals surface area contributed by atoms with Crippen LogP contribution >= 0.6 is 0 Å². The number of carbonyl (C=O) groups excluding carboxylic acids is 8. The Hall–Kier alpha value is -6.64. The molecule has 24 nitrogen and oxygen atoms in total. The van der Waals surface area contributed by atoms with Crippen molar-refractivity contribution in [3.8, 4) is 0 Å². The summed E-state index contributed by atoms with van der Waals surface area (Å²) in [6.07, 6.45) is 11.8. The summed E-state index contributed by atoms with van der Waals surface area (Å²) in [6, 6.07) is 0. The molecule has 0 spiro atoms. The smallest absolute Gasteiger partial charge is 0.337 e. The third-order valence-electron chi connectivity index (χ3n) is 16.0. The van der Waals surface area contributed by atoms with Gasteiger partial charge in [-0.15, -0.1) is 0 Å². The van der Waals surface area contributed by atoms with Crippen molar-refractivity contribution in [1.29, 1.82) is 0 Å². The first-order chi connectivity index (χ1) is 38.7. The first kappa shape index (κ1) is 60.5. The zero-order chi connectivity index (χ0) is 58.3. The van der Waals surface area contributed by atoms with Crippen LogP contribution in [0, 0.1) is 5.41 Å². The Bertz CT molecular complexity index is 2620. The van der Waals surface area contributed by atoms with Gasteiger partial charge in [-0.2, -0.15) is 0 Å². The number of hydrogen-bond acceptors (Lipinski definition) is 20. The van der Waals surface area contributed by atoms with E-state index >= 15 is 0 Å². The lowest BCUT2D eigenvalue weighted by Crippen LogP contribution is -2.45. The van der Waals surface area contributed by atoms with E-state index in [2.05, 4.69) is 21.3 Å². The highest BCUT2D eigenvalue weighted by atomic mass is 16.6. The summed E-state index contributed by atoms with van der Waals surface area (Å²) in [5.41, 5.74) is -1.41. The maximum absolute atomic E-state index is 13.3. The van der Waals surface area contributed by atoms with Crippen molar-refractivity contribution in [1.82, 2.24) is 21.3 Å². The lowest BCUT2D eigenvalue weighted by molar-refractivity contribution is -0.139. The van der Waals surface area contributed by atoms with E-state index in [1.54, 1.807) is 64.2 Å². The van der Waals surface area contributed by atoms with Gasteiger partial charge in [-0.1, -0.05) is 24.3 Å². The molecule has 4 amide bonds. The molecule has 24 heteroatoms. The van der Waals surface area contributed by atoms with Gasteiger partial charge in [0.25, 0.3) is 0 Å². The Balaban J connectivity index is 0.907. The summed E-state index contributed by atoms with van der Waals surface area (Å²) in [5.74, 6) is -3.66. The number of fused-ring (bicyclic) bond motifs is 8. The van der Waals surface area contributed by atoms with Crippen LogP contribution in [0.1, 0.15) is 53.4 Å². The first-order valence-electron chi connectivity index (χ1n) is 26.8. The number of rotatable bonds is 32. The molecule has 8 unspecified atom stereocenters. The highest BCUT2D eigenvalue weighted by Gasteiger charge is 2.54. The summed E-state index contributed by atoms with van der Waals surface area (Å²) in [4.78, 5) is 104. The fraction of sp³-hybridized carbons (Fsp3) is 0.579. The Labute approximate surface area is 468 Å². The van der Waals surface area contributed by atoms with Crippen LogP contribution in [0.4, 0.5) is 0 Å². The van der Waals surface area contributed by atoms with Crippen LogP contribution in [0.5, 0.6) is 0 Å². The zero-order valence-corrected chi connectivity index (χ0v) is 46.9. The Morgan fingerprint density at radius 1 is 0.420 bits per heavy atom. The molecule has 4 N–H and O–H groups in total. The molecule has 8 rings (SSSR count). The molecule has 0 fully saturated rings. The molecule has 8 bridgehead atoms. The number of ether oxygens (including phenoxy) is 12. The van der Waals surface area contributed by atoms with Gasteiger partial charge in [0.05, 0.1) is 147 Å². The first-order valence-corrected chi connectivity index (χ1v) is 26.8. The maximum atomic E-state index is 13.3. The van der Waals surface area contributed by atoms with E-state index in [0.717, 1.165) is 0 Å². The molecular formula is C57H72N4O20. The largest absolute Gasteiger partial charge is 0.466 e. The van der Waals surface area contributed by atoms with Crippen LogP contribution in [0.15, 0.2) is 93.2 Å². The lowest BCUT2D eigenvalue weighted by Gasteiger charge is -2.33. The van der Waals surface area contributed by atoms with Gasteiger partial charge in [0.15, 0.2) is 0 Å². The van der Waals surface area contributed by atoms with Crippen molar-refractivity contribution in [3.05, 3.63) is 93.2 Å². The number of methoxy groups -OCH3 is 4. The SMILES string of the molecule is COC(=O)C1=C(C)C2(CNC(=O)CCOCC(COCCC(=O)NCC34C=CC(O3)C(C(=O)OC)=C4C)(COCCC(=O)NCC34C=CC(O3)C(C)=C4C(=O)OC)COCCC(=O)NCC34C=CC(O3)C(C)=C4C(=O)OC)C=CC1O2. The van der Waals surface area contributed by atoms with Crippen molar-refractivity contribution in [3.63, 3.8) is 0 Å². The van der Waals surface area contributed by atoms with Gasteiger partial charge < -0.3 is 78.1 Å². The van der Waals surface area contributed by atoms with Crippen LogP contribution in [0.3, 0.4) is 0 Å². The van der Waals surface area contributed by atoms with E-state index in [0.29, 0.717) is 44.6 Å². The Kier molecular flexibility index (Phi) is 18.8. The van der Waals surface area contributed by atoms with Crippen LogP contribution in [-0.4, -0.2) is 202 Å². The normalized spacial score (nSPS) is 28.3. The molecule has 0 aromatic rings. The fourth-order valence-corrected chi connectivity index (χ4v) is 11.3. The third kappa shape index (κ3) is 12.4. The number of nitrogens with one attached hydrogen (secondary N) is 4. The molecule has 8 atom stereocenters. The average Bonchev–Trinajstić information content (AvgIpc) is 4.19. The maximum Gasteiger partial charge on any atom is 0.337 e. The van der Waals surface area contributed by atoms with Gasteiger partial charge in [-0.3, -0.25) is 19.2 Å². The minimum atomic E-state index is -1.18. The summed E-state index contributed by atoms with van der Waals surface area (Å²) >= 11 is 0. The second-order valence-electron chi connectivity index (χ2n) is 21.1. The number of carbonyl (C=O) groups is 8. The molecule has 0 radical (unpaired) electrons. The molecule has 8 aliphatic rings. The van der Waals surface area contributed by atoms with E-state index < -0.39 is 87.9 Å². The quantitative estimate of drug-likeness (QED) is 0.0314. The summed E-state index contributed by atoms with van der Waals surface area (Å²) in [6.45, 7) is 6.25. The van der Waals surface area contributed by atoms with Crippen LogP contribution in [-0.2, 0) is 95.2 Å². The predicted molar refractivity (Wildman–Crippen MR) is 282 cm³/mol. The molecular weight excluding hydrogens is 1060 g/mol. The van der Waals surface area contributed by atoms with E-state index in [1.807, 2.05) is 12.2 Å². The molecule has 8 aliphatic heterocycles. The molecule has 0 aromatic heterocycles. The van der Waals surface area contributed by atoms with Crippen LogP contribution in [0.2, 0.25) is 0 Å². The highest BCUT2D eigenvalue weighted by Crippen LogP contribution is 2.46. The third-order valence-corrected chi connectivity index (χ3v) is 16.0. The highest BCUT2D eigenvalue weighted by molar-refractivity contribution is 5.96. The lowest BCUT2D eigenvalue weighted by atomic mass is 9.87. The fourth-order valence-electron chi connectivity index (χ4n) is 11.3. The Morgan fingerprint density at radius 3 is 1.00 bits per heavy atom.